The van der Waals surface area contributed by atoms with E-state index in [2.05, 4.69) is 37.0 Å². The number of piperidine rings is 1. The van der Waals surface area contributed by atoms with Crippen LogP contribution in [0.1, 0.15) is 25.7 Å². The Hall–Kier alpha value is -2.47. The van der Waals surface area contributed by atoms with Gasteiger partial charge in [0.25, 0.3) is 0 Å². The molecule has 6 nitrogen and oxygen atoms in total. The molecule has 0 radical (unpaired) electrons. The Kier molecular flexibility index (Phi) is 4.05. The minimum Gasteiger partial charge on any atom is -0.354 e. The summed E-state index contributed by atoms with van der Waals surface area (Å²) < 4.78 is 1.91. The maximum absolute atomic E-state index is 4.64. The van der Waals surface area contributed by atoms with Gasteiger partial charge in [-0.05, 0) is 50.9 Å². The zero-order valence-electron chi connectivity index (χ0n) is 15.0. The summed E-state index contributed by atoms with van der Waals surface area (Å²) in [6, 6.07) is 10.8. The molecule has 2 aromatic heterocycles. The second-order valence-electron chi connectivity index (χ2n) is 7.31. The molecule has 6 heteroatoms. The molecular formula is C20H24N6. The number of hydrogen-bond donors (Lipinski definition) is 0. The lowest BCUT2D eigenvalue weighted by Gasteiger charge is -2.38. The molecule has 26 heavy (non-hydrogen) atoms. The van der Waals surface area contributed by atoms with Crippen molar-refractivity contribution in [3.8, 4) is 5.69 Å². The molecule has 5 rings (SSSR count). The molecule has 1 unspecified atom stereocenters. The summed E-state index contributed by atoms with van der Waals surface area (Å²) in [5.41, 5.74) is 1.91. The van der Waals surface area contributed by atoms with Gasteiger partial charge in [-0.1, -0.05) is 18.2 Å². The quantitative estimate of drug-likeness (QED) is 0.728. The lowest BCUT2D eigenvalue weighted by atomic mass is 10.0. The minimum absolute atomic E-state index is 0.653. The predicted molar refractivity (Wildman–Crippen MR) is 103 cm³/mol. The molecule has 0 aliphatic carbocycles. The lowest BCUT2D eigenvalue weighted by molar-refractivity contribution is 0.215. The number of likely N-dealkylation sites (tertiary alicyclic amines) is 1. The summed E-state index contributed by atoms with van der Waals surface area (Å²) in [6.45, 7) is 4.63. The van der Waals surface area contributed by atoms with Gasteiger partial charge in [-0.2, -0.15) is 5.10 Å². The predicted octanol–water partition coefficient (Wildman–Crippen LogP) is 2.88. The van der Waals surface area contributed by atoms with E-state index < -0.39 is 0 Å². The average molecular weight is 348 g/mol. The zero-order valence-corrected chi connectivity index (χ0v) is 15.0. The van der Waals surface area contributed by atoms with Gasteiger partial charge in [0.15, 0.2) is 5.65 Å². The normalized spacial score (nSPS) is 21.5. The van der Waals surface area contributed by atoms with Crippen molar-refractivity contribution in [2.75, 3.05) is 31.1 Å². The maximum atomic E-state index is 4.64. The van der Waals surface area contributed by atoms with E-state index in [4.69, 9.17) is 0 Å². The maximum Gasteiger partial charge on any atom is 0.168 e. The first-order chi connectivity index (χ1) is 12.9. The number of anilines is 1. The Morgan fingerprint density at radius 1 is 0.923 bits per heavy atom. The van der Waals surface area contributed by atoms with Gasteiger partial charge >= 0.3 is 0 Å². The molecule has 4 heterocycles. The number of aromatic nitrogens is 4. The van der Waals surface area contributed by atoms with Gasteiger partial charge in [-0.3, -0.25) is 4.90 Å². The number of benzene rings is 1. The van der Waals surface area contributed by atoms with E-state index in [9.17, 15) is 0 Å². The third kappa shape index (κ3) is 2.74. The van der Waals surface area contributed by atoms with E-state index in [1.165, 1.54) is 38.8 Å². The molecule has 0 amide bonds. The minimum atomic E-state index is 0.653. The van der Waals surface area contributed by atoms with Crippen molar-refractivity contribution in [1.29, 1.82) is 0 Å². The highest BCUT2D eigenvalue weighted by atomic mass is 15.3. The first kappa shape index (κ1) is 15.8. The highest BCUT2D eigenvalue weighted by molar-refractivity contribution is 5.87. The van der Waals surface area contributed by atoms with E-state index in [0.29, 0.717) is 6.04 Å². The lowest BCUT2D eigenvalue weighted by Crippen LogP contribution is -2.47. The molecule has 2 fully saturated rings. The molecule has 2 aliphatic rings. The van der Waals surface area contributed by atoms with E-state index in [1.54, 1.807) is 6.33 Å². The second kappa shape index (κ2) is 6.68. The fourth-order valence-electron chi connectivity index (χ4n) is 4.39. The van der Waals surface area contributed by atoms with E-state index in [1.807, 2.05) is 29.1 Å². The largest absolute Gasteiger partial charge is 0.354 e. The fourth-order valence-corrected chi connectivity index (χ4v) is 4.39. The standard InChI is InChI=1S/C20H24N6/c1-2-7-16(8-3-1)26-20-18(13-23-26)19(21-15-22-20)25-12-6-9-17(14-25)24-10-4-5-11-24/h1-3,7-8,13,15,17H,4-6,9-12,14H2. The molecule has 2 saturated heterocycles. The topological polar surface area (TPSA) is 50.1 Å². The molecule has 0 N–H and O–H groups in total. The molecule has 0 spiro atoms. The van der Waals surface area contributed by atoms with Crippen LogP contribution in [0, 0.1) is 0 Å². The fraction of sp³-hybridized carbons (Fsp3) is 0.450. The van der Waals surface area contributed by atoms with Crippen LogP contribution in [-0.4, -0.2) is 56.9 Å². The first-order valence-electron chi connectivity index (χ1n) is 9.63. The van der Waals surface area contributed by atoms with Crippen molar-refractivity contribution >= 4 is 16.9 Å². The van der Waals surface area contributed by atoms with E-state index >= 15 is 0 Å². The van der Waals surface area contributed by atoms with Gasteiger partial charge < -0.3 is 4.90 Å². The highest BCUT2D eigenvalue weighted by Gasteiger charge is 2.28. The second-order valence-corrected chi connectivity index (χ2v) is 7.31. The van der Waals surface area contributed by atoms with Crippen LogP contribution in [0.15, 0.2) is 42.9 Å². The number of fused-ring (bicyclic) bond motifs is 1. The SMILES string of the molecule is c1ccc(-n2ncc3c(N4CCCC(N5CCCC5)C4)ncnc32)cc1. The smallest absolute Gasteiger partial charge is 0.168 e. The molecule has 0 saturated carbocycles. The Morgan fingerprint density at radius 2 is 1.77 bits per heavy atom. The van der Waals surface area contributed by atoms with Crippen LogP contribution in [0.4, 0.5) is 5.82 Å². The molecule has 2 aliphatic heterocycles. The third-order valence-electron chi connectivity index (χ3n) is 5.70. The van der Waals surface area contributed by atoms with Gasteiger partial charge in [0, 0.05) is 19.1 Å². The Morgan fingerprint density at radius 3 is 2.62 bits per heavy atom. The van der Waals surface area contributed by atoms with Gasteiger partial charge in [0.05, 0.1) is 17.3 Å². The Balaban J connectivity index is 1.48. The molecular weight excluding hydrogens is 324 g/mol. The van der Waals surface area contributed by atoms with Crippen LogP contribution in [0.25, 0.3) is 16.7 Å². The summed E-state index contributed by atoms with van der Waals surface area (Å²) in [4.78, 5) is 14.3. The van der Waals surface area contributed by atoms with Crippen molar-refractivity contribution in [2.45, 2.75) is 31.7 Å². The van der Waals surface area contributed by atoms with Crippen LogP contribution < -0.4 is 4.90 Å². The van der Waals surface area contributed by atoms with Gasteiger partial charge in [0.2, 0.25) is 0 Å². The highest BCUT2D eigenvalue weighted by Crippen LogP contribution is 2.28. The number of nitrogens with zero attached hydrogens (tertiary/aromatic N) is 6. The molecule has 1 aromatic carbocycles. The molecule has 3 aromatic rings. The zero-order chi connectivity index (χ0) is 17.3. The summed E-state index contributed by atoms with van der Waals surface area (Å²) in [7, 11) is 0. The molecule has 1 atom stereocenters. The average Bonchev–Trinajstić information content (AvgIpc) is 3.38. The monoisotopic (exact) mass is 348 g/mol. The van der Waals surface area contributed by atoms with Crippen LogP contribution in [0.2, 0.25) is 0 Å². The Bertz CT molecular complexity index is 884. The van der Waals surface area contributed by atoms with Crippen LogP contribution >= 0.6 is 0 Å². The van der Waals surface area contributed by atoms with E-state index in [0.717, 1.165) is 35.6 Å². The summed E-state index contributed by atoms with van der Waals surface area (Å²) in [6.07, 6.45) is 8.80. The van der Waals surface area contributed by atoms with Crippen molar-refractivity contribution in [2.24, 2.45) is 0 Å². The van der Waals surface area contributed by atoms with Gasteiger partial charge in [0.1, 0.15) is 12.1 Å². The van der Waals surface area contributed by atoms with Gasteiger partial charge in [-0.15, -0.1) is 0 Å². The summed E-state index contributed by atoms with van der Waals surface area (Å²) in [5, 5.41) is 5.63. The summed E-state index contributed by atoms with van der Waals surface area (Å²) in [5.74, 6) is 1.03. The van der Waals surface area contributed by atoms with Gasteiger partial charge in [-0.25, -0.2) is 14.6 Å². The molecule has 0 bridgehead atoms. The number of rotatable bonds is 3. The van der Waals surface area contributed by atoms with E-state index in [-0.39, 0.29) is 0 Å². The van der Waals surface area contributed by atoms with Crippen molar-refractivity contribution in [3.05, 3.63) is 42.9 Å². The summed E-state index contributed by atoms with van der Waals surface area (Å²) >= 11 is 0. The number of hydrogen-bond acceptors (Lipinski definition) is 5. The van der Waals surface area contributed by atoms with Crippen molar-refractivity contribution < 1.29 is 0 Å². The number of para-hydroxylation sites is 1. The molecule has 134 valence electrons. The first-order valence-corrected chi connectivity index (χ1v) is 9.63. The third-order valence-corrected chi connectivity index (χ3v) is 5.70. The Labute approximate surface area is 153 Å². The van der Waals surface area contributed by atoms with Crippen LogP contribution in [0.3, 0.4) is 0 Å². The van der Waals surface area contributed by atoms with Crippen LogP contribution in [-0.2, 0) is 0 Å². The van der Waals surface area contributed by atoms with Crippen LogP contribution in [0.5, 0.6) is 0 Å². The van der Waals surface area contributed by atoms with Crippen molar-refractivity contribution in [1.82, 2.24) is 24.6 Å². The van der Waals surface area contributed by atoms with Crippen molar-refractivity contribution in [3.63, 3.8) is 0 Å².